The van der Waals surface area contributed by atoms with Crippen molar-refractivity contribution in [3.05, 3.63) is 47.7 Å². The summed E-state index contributed by atoms with van der Waals surface area (Å²) in [4.78, 5) is 14.3. The monoisotopic (exact) mass is 321 g/mol. The quantitative estimate of drug-likeness (QED) is 0.939. The van der Waals surface area contributed by atoms with Crippen molar-refractivity contribution >= 4 is 17.4 Å². The van der Waals surface area contributed by atoms with Gasteiger partial charge in [-0.3, -0.25) is 4.79 Å². The smallest absolute Gasteiger partial charge is 0.274 e. The highest BCUT2D eigenvalue weighted by Crippen LogP contribution is 2.16. The van der Waals surface area contributed by atoms with Crippen LogP contribution in [0.4, 0.5) is 11.5 Å². The highest BCUT2D eigenvalue weighted by Gasteiger charge is 2.18. The summed E-state index contributed by atoms with van der Waals surface area (Å²) >= 11 is 0. The second-order valence-electron chi connectivity index (χ2n) is 5.83. The maximum absolute atomic E-state index is 12.5. The van der Waals surface area contributed by atoms with E-state index in [1.54, 1.807) is 30.3 Å². The van der Waals surface area contributed by atoms with Gasteiger partial charge in [-0.2, -0.15) is 5.26 Å². The molecule has 2 aromatic rings. The Balaban J connectivity index is 1.68. The number of amides is 1. The highest BCUT2D eigenvalue weighted by molar-refractivity contribution is 5.92. The van der Waals surface area contributed by atoms with Crippen LogP contribution in [0, 0.1) is 11.3 Å². The molecular formula is C18H19N5O. The summed E-state index contributed by atoms with van der Waals surface area (Å²) in [6.45, 7) is 1.59. The van der Waals surface area contributed by atoms with Crippen LogP contribution in [0.1, 0.15) is 41.7 Å². The van der Waals surface area contributed by atoms with Gasteiger partial charge in [-0.1, -0.05) is 18.9 Å². The molecule has 1 saturated heterocycles. The van der Waals surface area contributed by atoms with Crippen LogP contribution in [0.3, 0.4) is 0 Å². The van der Waals surface area contributed by atoms with Crippen molar-refractivity contribution in [3.8, 4) is 6.07 Å². The lowest BCUT2D eigenvalue weighted by Crippen LogP contribution is -2.32. The number of nitrogens with zero attached hydrogens (tertiary/aromatic N) is 4. The molecule has 0 bridgehead atoms. The van der Waals surface area contributed by atoms with E-state index in [4.69, 9.17) is 5.26 Å². The number of anilines is 2. The van der Waals surface area contributed by atoms with Gasteiger partial charge in [0.2, 0.25) is 0 Å². The summed E-state index contributed by atoms with van der Waals surface area (Å²) in [5.74, 6) is 0.486. The van der Waals surface area contributed by atoms with E-state index >= 15 is 0 Å². The van der Waals surface area contributed by atoms with Crippen molar-refractivity contribution in [2.45, 2.75) is 25.7 Å². The Kier molecular flexibility index (Phi) is 5.02. The van der Waals surface area contributed by atoms with Gasteiger partial charge in [-0.05, 0) is 43.2 Å². The fraction of sp³-hybridized carbons (Fsp3) is 0.333. The average Bonchev–Trinajstić information content (AvgIpc) is 2.91. The summed E-state index contributed by atoms with van der Waals surface area (Å²) in [6, 6.07) is 12.6. The number of rotatable bonds is 3. The maximum Gasteiger partial charge on any atom is 0.274 e. The van der Waals surface area contributed by atoms with Crippen LogP contribution >= 0.6 is 0 Å². The highest BCUT2D eigenvalue weighted by atomic mass is 16.2. The molecule has 0 aliphatic carbocycles. The molecule has 24 heavy (non-hydrogen) atoms. The summed E-state index contributed by atoms with van der Waals surface area (Å²) < 4.78 is 0. The van der Waals surface area contributed by atoms with Crippen molar-refractivity contribution in [2.75, 3.05) is 18.4 Å². The Labute approximate surface area is 141 Å². The molecule has 0 unspecified atom stereocenters. The Morgan fingerprint density at radius 2 is 1.88 bits per heavy atom. The van der Waals surface area contributed by atoms with Gasteiger partial charge in [0.05, 0.1) is 11.6 Å². The molecule has 6 nitrogen and oxygen atoms in total. The Morgan fingerprint density at radius 3 is 2.54 bits per heavy atom. The first kappa shape index (κ1) is 15.9. The fourth-order valence-corrected chi connectivity index (χ4v) is 2.76. The summed E-state index contributed by atoms with van der Waals surface area (Å²) in [6.07, 6.45) is 4.46. The molecule has 1 aliphatic heterocycles. The van der Waals surface area contributed by atoms with Crippen molar-refractivity contribution in [1.82, 2.24) is 15.1 Å². The third kappa shape index (κ3) is 3.87. The molecule has 0 atom stereocenters. The molecule has 1 amide bonds. The fourth-order valence-electron chi connectivity index (χ4n) is 2.76. The van der Waals surface area contributed by atoms with Crippen LogP contribution in [-0.4, -0.2) is 34.1 Å². The number of carbonyl (C=O) groups is 1. The van der Waals surface area contributed by atoms with Crippen molar-refractivity contribution in [2.24, 2.45) is 0 Å². The molecule has 1 aromatic heterocycles. The molecule has 122 valence electrons. The van der Waals surface area contributed by atoms with Crippen LogP contribution < -0.4 is 5.32 Å². The predicted molar refractivity (Wildman–Crippen MR) is 90.8 cm³/mol. The van der Waals surface area contributed by atoms with E-state index in [0.717, 1.165) is 31.6 Å². The van der Waals surface area contributed by atoms with E-state index in [-0.39, 0.29) is 5.91 Å². The van der Waals surface area contributed by atoms with Gasteiger partial charge < -0.3 is 10.2 Å². The molecule has 3 rings (SSSR count). The van der Waals surface area contributed by atoms with Crippen molar-refractivity contribution in [3.63, 3.8) is 0 Å². The third-order valence-electron chi connectivity index (χ3n) is 4.04. The van der Waals surface area contributed by atoms with Crippen molar-refractivity contribution < 1.29 is 4.79 Å². The zero-order valence-corrected chi connectivity index (χ0v) is 13.4. The molecule has 0 radical (unpaired) electrons. The molecule has 0 saturated carbocycles. The first-order valence-corrected chi connectivity index (χ1v) is 8.16. The number of likely N-dealkylation sites (tertiary alicyclic amines) is 1. The second-order valence-corrected chi connectivity index (χ2v) is 5.83. The number of hydrogen-bond donors (Lipinski definition) is 1. The zero-order valence-electron chi connectivity index (χ0n) is 13.4. The van der Waals surface area contributed by atoms with Gasteiger partial charge in [0, 0.05) is 18.8 Å². The Bertz CT molecular complexity index is 743. The number of hydrogen-bond acceptors (Lipinski definition) is 5. The Morgan fingerprint density at radius 1 is 1.08 bits per heavy atom. The topological polar surface area (TPSA) is 81.9 Å². The van der Waals surface area contributed by atoms with E-state index < -0.39 is 0 Å². The number of carbonyl (C=O) groups excluding carboxylic acids is 1. The van der Waals surface area contributed by atoms with Gasteiger partial charge in [-0.25, -0.2) is 0 Å². The van der Waals surface area contributed by atoms with Crippen LogP contribution in [0.25, 0.3) is 0 Å². The summed E-state index contributed by atoms with van der Waals surface area (Å²) in [5, 5.41) is 20.1. The lowest BCUT2D eigenvalue weighted by atomic mass is 10.2. The standard InChI is InChI=1S/C18H19N5O/c19-13-14-6-5-7-15(12-14)20-17-9-8-16(21-22-17)18(24)23-10-3-1-2-4-11-23/h5-9,12H,1-4,10-11H2,(H,20,22). The largest absolute Gasteiger partial charge is 0.339 e. The first-order chi connectivity index (χ1) is 11.8. The number of nitriles is 1. The van der Waals surface area contributed by atoms with E-state index in [1.807, 2.05) is 11.0 Å². The number of aromatic nitrogens is 2. The van der Waals surface area contributed by atoms with Gasteiger partial charge in [-0.15, -0.1) is 10.2 Å². The molecule has 1 N–H and O–H groups in total. The van der Waals surface area contributed by atoms with Crippen LogP contribution in [0.15, 0.2) is 36.4 Å². The predicted octanol–water partition coefficient (Wildman–Crippen LogP) is 3.11. The van der Waals surface area contributed by atoms with Crippen molar-refractivity contribution in [1.29, 1.82) is 5.26 Å². The molecule has 1 fully saturated rings. The summed E-state index contributed by atoms with van der Waals surface area (Å²) in [5.41, 5.74) is 1.70. The normalized spacial score (nSPS) is 14.5. The van der Waals surface area contributed by atoms with E-state index in [2.05, 4.69) is 21.6 Å². The van der Waals surface area contributed by atoms with E-state index in [0.29, 0.717) is 17.1 Å². The lowest BCUT2D eigenvalue weighted by Gasteiger charge is -2.19. The molecule has 1 aromatic carbocycles. The molecule has 0 spiro atoms. The minimum Gasteiger partial charge on any atom is -0.339 e. The molecule has 2 heterocycles. The van der Waals surface area contributed by atoms with Crippen LogP contribution in [0.5, 0.6) is 0 Å². The van der Waals surface area contributed by atoms with Gasteiger partial charge in [0.25, 0.3) is 5.91 Å². The van der Waals surface area contributed by atoms with Crippen LogP contribution in [0.2, 0.25) is 0 Å². The first-order valence-electron chi connectivity index (χ1n) is 8.16. The molecule has 6 heteroatoms. The zero-order chi connectivity index (χ0) is 16.8. The average molecular weight is 321 g/mol. The SMILES string of the molecule is N#Cc1cccc(Nc2ccc(C(=O)N3CCCCCC3)nn2)c1. The lowest BCUT2D eigenvalue weighted by molar-refractivity contribution is 0.0754. The number of nitrogens with one attached hydrogen (secondary N) is 1. The van der Waals surface area contributed by atoms with Crippen LogP contribution in [-0.2, 0) is 0 Å². The summed E-state index contributed by atoms with van der Waals surface area (Å²) in [7, 11) is 0. The Hall–Kier alpha value is -2.94. The molecule has 1 aliphatic rings. The van der Waals surface area contributed by atoms with Gasteiger partial charge in [0.1, 0.15) is 0 Å². The van der Waals surface area contributed by atoms with E-state index in [1.165, 1.54) is 12.8 Å². The maximum atomic E-state index is 12.5. The second kappa shape index (κ2) is 7.55. The van der Waals surface area contributed by atoms with Gasteiger partial charge in [0.15, 0.2) is 11.5 Å². The van der Waals surface area contributed by atoms with Gasteiger partial charge >= 0.3 is 0 Å². The minimum atomic E-state index is -0.0533. The number of benzene rings is 1. The third-order valence-corrected chi connectivity index (χ3v) is 4.04. The minimum absolute atomic E-state index is 0.0533. The van der Waals surface area contributed by atoms with E-state index in [9.17, 15) is 4.79 Å². The molecular weight excluding hydrogens is 302 g/mol.